The smallest absolute Gasteiger partial charge is 0.307 e. The Kier molecular flexibility index (Phi) is 8.43. The molecule has 1 N–H and O–H groups in total. The molecule has 4 heteroatoms. The number of carbonyl (C=O) groups is 2. The molecule has 0 aliphatic carbocycles. The first kappa shape index (κ1) is 16.5. The zero-order valence-corrected chi connectivity index (χ0v) is 12.3. The molecule has 0 saturated heterocycles. The summed E-state index contributed by atoms with van der Waals surface area (Å²) >= 11 is 0. The van der Waals surface area contributed by atoms with Gasteiger partial charge < -0.3 is 10.1 Å². The normalized spacial score (nSPS) is 23.4. The number of carbonyl (C=O) groups excluding carboxylic acids is 2. The summed E-state index contributed by atoms with van der Waals surface area (Å²) in [6.07, 6.45) is 13.3. The molecule has 20 heavy (non-hydrogen) atoms. The van der Waals surface area contributed by atoms with Crippen LogP contribution in [0.3, 0.4) is 0 Å². The molecule has 1 amide bonds. The fraction of sp³-hybridized carbons (Fsp3) is 0.625. The summed E-state index contributed by atoms with van der Waals surface area (Å²) in [7, 11) is 0. The van der Waals surface area contributed by atoms with Crippen LogP contribution >= 0.6 is 0 Å². The second-order valence-electron chi connectivity index (χ2n) is 5.08. The molecule has 0 aromatic heterocycles. The Morgan fingerprint density at radius 2 is 1.85 bits per heavy atom. The third kappa shape index (κ3) is 8.51. The highest BCUT2D eigenvalue weighted by atomic mass is 16.5. The van der Waals surface area contributed by atoms with Gasteiger partial charge in [0.2, 0.25) is 5.91 Å². The van der Waals surface area contributed by atoms with Crippen molar-refractivity contribution in [2.45, 2.75) is 58.3 Å². The summed E-state index contributed by atoms with van der Waals surface area (Å²) in [5.74, 6) is 0.433. The van der Waals surface area contributed by atoms with E-state index < -0.39 is 0 Å². The average Bonchev–Trinajstić information content (AvgIpc) is 2.40. The van der Waals surface area contributed by atoms with E-state index in [0.29, 0.717) is 12.2 Å². The molecule has 0 bridgehead atoms. The van der Waals surface area contributed by atoms with Crippen LogP contribution in [0.4, 0.5) is 0 Å². The largest absolute Gasteiger partial charge is 0.431 e. The lowest BCUT2D eigenvalue weighted by molar-refractivity contribution is -0.137. The molecule has 1 aliphatic rings. The number of allylic oxidation sites excluding steroid dienone is 3. The van der Waals surface area contributed by atoms with Gasteiger partial charge in [-0.3, -0.25) is 9.59 Å². The van der Waals surface area contributed by atoms with Crippen LogP contribution < -0.4 is 5.32 Å². The SMILES string of the molecule is CC(=O)O/C1=C\C=C/CC(=O)NCCCCCCCC1. The zero-order valence-electron chi connectivity index (χ0n) is 12.3. The molecule has 0 radical (unpaired) electrons. The maximum atomic E-state index is 11.5. The van der Waals surface area contributed by atoms with Crippen LogP contribution in [-0.4, -0.2) is 18.4 Å². The average molecular weight is 279 g/mol. The van der Waals surface area contributed by atoms with Crippen LogP contribution in [0.1, 0.15) is 58.3 Å². The van der Waals surface area contributed by atoms with Gasteiger partial charge in [0, 0.05) is 26.3 Å². The van der Waals surface area contributed by atoms with Crippen molar-refractivity contribution < 1.29 is 14.3 Å². The van der Waals surface area contributed by atoms with Crippen molar-refractivity contribution in [1.82, 2.24) is 5.32 Å². The van der Waals surface area contributed by atoms with E-state index in [1.54, 1.807) is 18.2 Å². The van der Waals surface area contributed by atoms with Crippen LogP contribution in [-0.2, 0) is 14.3 Å². The van der Waals surface area contributed by atoms with Crippen molar-refractivity contribution in [3.63, 3.8) is 0 Å². The van der Waals surface area contributed by atoms with Crippen LogP contribution in [0.15, 0.2) is 24.0 Å². The highest BCUT2D eigenvalue weighted by Gasteiger charge is 2.03. The van der Waals surface area contributed by atoms with E-state index in [4.69, 9.17) is 4.74 Å². The van der Waals surface area contributed by atoms with Gasteiger partial charge in [-0.1, -0.05) is 37.8 Å². The van der Waals surface area contributed by atoms with Crippen molar-refractivity contribution in [2.75, 3.05) is 6.54 Å². The quantitative estimate of drug-likeness (QED) is 0.750. The van der Waals surface area contributed by atoms with Gasteiger partial charge in [-0.05, 0) is 18.9 Å². The van der Waals surface area contributed by atoms with E-state index >= 15 is 0 Å². The first-order valence-electron chi connectivity index (χ1n) is 7.49. The predicted octanol–water partition coefficient (Wildman–Crippen LogP) is 3.24. The molecule has 0 aromatic rings. The number of hydrogen-bond donors (Lipinski definition) is 1. The van der Waals surface area contributed by atoms with Gasteiger partial charge in [-0.2, -0.15) is 0 Å². The van der Waals surface area contributed by atoms with Gasteiger partial charge in [-0.25, -0.2) is 0 Å². The second kappa shape index (κ2) is 10.2. The Morgan fingerprint density at radius 3 is 2.60 bits per heavy atom. The molecule has 0 fully saturated rings. The van der Waals surface area contributed by atoms with E-state index in [0.717, 1.165) is 38.6 Å². The lowest BCUT2D eigenvalue weighted by Crippen LogP contribution is -2.23. The highest BCUT2D eigenvalue weighted by molar-refractivity contribution is 5.77. The van der Waals surface area contributed by atoms with Crippen LogP contribution in [0, 0.1) is 0 Å². The van der Waals surface area contributed by atoms with Crippen molar-refractivity contribution in [3.8, 4) is 0 Å². The first-order chi connectivity index (χ1) is 9.68. The van der Waals surface area contributed by atoms with Crippen LogP contribution in [0.25, 0.3) is 0 Å². The van der Waals surface area contributed by atoms with Crippen LogP contribution in [0.2, 0.25) is 0 Å². The Bertz CT molecular complexity index is 372. The lowest BCUT2D eigenvalue weighted by Gasteiger charge is -2.06. The molecule has 4 nitrogen and oxygen atoms in total. The van der Waals surface area contributed by atoms with E-state index in [2.05, 4.69) is 5.32 Å². The van der Waals surface area contributed by atoms with Crippen molar-refractivity contribution in [1.29, 1.82) is 0 Å². The summed E-state index contributed by atoms with van der Waals surface area (Å²) in [5.41, 5.74) is 0. The summed E-state index contributed by atoms with van der Waals surface area (Å²) in [6.45, 7) is 2.18. The molecule has 112 valence electrons. The number of rotatable bonds is 1. The summed E-state index contributed by atoms with van der Waals surface area (Å²) in [4.78, 5) is 22.5. The number of ether oxygens (including phenoxy) is 1. The predicted molar refractivity (Wildman–Crippen MR) is 78.9 cm³/mol. The van der Waals surface area contributed by atoms with E-state index in [1.165, 1.54) is 19.8 Å². The fourth-order valence-corrected chi connectivity index (χ4v) is 2.13. The topological polar surface area (TPSA) is 55.4 Å². The van der Waals surface area contributed by atoms with Gasteiger partial charge in [-0.15, -0.1) is 0 Å². The molecule has 0 spiro atoms. The molecule has 0 unspecified atom stereocenters. The maximum Gasteiger partial charge on any atom is 0.307 e. The molecule has 1 aliphatic heterocycles. The molecular weight excluding hydrogens is 254 g/mol. The number of amides is 1. The Hall–Kier alpha value is -1.58. The third-order valence-electron chi connectivity index (χ3n) is 3.17. The second-order valence-corrected chi connectivity index (χ2v) is 5.08. The minimum absolute atomic E-state index is 0.0403. The Morgan fingerprint density at radius 1 is 1.15 bits per heavy atom. The van der Waals surface area contributed by atoms with Gasteiger partial charge in [0.15, 0.2) is 0 Å². The summed E-state index contributed by atoms with van der Waals surface area (Å²) < 4.78 is 5.17. The maximum absolute atomic E-state index is 11.5. The van der Waals surface area contributed by atoms with Gasteiger partial charge >= 0.3 is 5.97 Å². The molecular formula is C16H25NO3. The van der Waals surface area contributed by atoms with Gasteiger partial charge in [0.1, 0.15) is 5.76 Å². The molecule has 0 aromatic carbocycles. The van der Waals surface area contributed by atoms with Crippen LogP contribution in [0.5, 0.6) is 0 Å². The molecule has 1 heterocycles. The van der Waals surface area contributed by atoms with E-state index in [1.807, 2.05) is 0 Å². The zero-order chi connectivity index (χ0) is 14.6. The first-order valence-corrected chi connectivity index (χ1v) is 7.49. The molecule has 0 atom stereocenters. The standard InChI is InChI=1S/C16H25NO3/c1-14(18)20-15-10-6-4-2-3-5-9-13-17-16(19)12-8-7-11-15/h7-8,11H,2-6,9-10,12-13H2,1H3,(H,17,19)/b8-7-,15-11-. The van der Waals surface area contributed by atoms with Crippen molar-refractivity contribution in [3.05, 3.63) is 24.0 Å². The highest BCUT2D eigenvalue weighted by Crippen LogP contribution is 2.13. The number of nitrogens with one attached hydrogen (secondary N) is 1. The minimum Gasteiger partial charge on any atom is -0.431 e. The van der Waals surface area contributed by atoms with Gasteiger partial charge in [0.05, 0.1) is 0 Å². The fourth-order valence-electron chi connectivity index (χ4n) is 2.13. The van der Waals surface area contributed by atoms with Gasteiger partial charge in [0.25, 0.3) is 0 Å². The Balaban J connectivity index is 2.55. The summed E-state index contributed by atoms with van der Waals surface area (Å²) in [5, 5.41) is 2.90. The number of hydrogen-bond acceptors (Lipinski definition) is 3. The lowest BCUT2D eigenvalue weighted by atomic mass is 10.1. The third-order valence-corrected chi connectivity index (χ3v) is 3.17. The van der Waals surface area contributed by atoms with Crippen molar-refractivity contribution >= 4 is 11.9 Å². The Labute approximate surface area is 121 Å². The van der Waals surface area contributed by atoms with Crippen molar-refractivity contribution in [2.24, 2.45) is 0 Å². The molecule has 1 rings (SSSR count). The van der Waals surface area contributed by atoms with E-state index in [9.17, 15) is 9.59 Å². The monoisotopic (exact) mass is 279 g/mol. The summed E-state index contributed by atoms with van der Waals surface area (Å²) in [6, 6.07) is 0. The minimum atomic E-state index is -0.291. The number of esters is 1. The van der Waals surface area contributed by atoms with E-state index in [-0.39, 0.29) is 11.9 Å². The molecule has 0 saturated carbocycles.